The van der Waals surface area contributed by atoms with Crippen LogP contribution in [0, 0.1) is 0 Å². The molecule has 0 aromatic carbocycles. The van der Waals surface area contributed by atoms with Gasteiger partial charge in [0.15, 0.2) is 12.4 Å². The number of hydrogen-bond donors (Lipinski definition) is 6. The maximum absolute atomic E-state index is 13.4. The van der Waals surface area contributed by atoms with Gasteiger partial charge in [0.05, 0.1) is 25.4 Å². The first-order valence-electron chi connectivity index (χ1n) is 31.0. The second-order valence-electron chi connectivity index (χ2n) is 20.7. The lowest BCUT2D eigenvalue weighted by Gasteiger charge is -2.41. The Labute approximate surface area is 480 Å². The highest BCUT2D eigenvalue weighted by Crippen LogP contribution is 2.26. The standard InChI is InChI=1S/C68H111NO10/c1-4-7-10-13-16-19-22-24-26-28-29-30-31-32-33-34-36-38-41-44-47-50-53-56-63(73)79-66-65(75)64(74)62(57-70)78-68(66)77-58-59(60(71)54-51-48-45-42-39-21-18-15-12-9-6-3)69-67(76)61(72)55-52-49-46-43-40-37-35-27-25-23-20-17-14-11-8-5-2/h7-8,10-11,16-17,19-20,24-27,29-30,32-33,37,40,46,49,51,54,59-62,64-66,68,70-72,74-75H,4-6,9,12-15,18,21-23,28,31,34-36,38-39,41-45,47-48,50,52-53,55-58H2,1-3H3,(H,69,76)/b10-7-,11-8-,19-16-,20-17-,26-24-,27-25-,30-29-,33-32-,40-37-,49-46-,54-51+. The van der Waals surface area contributed by atoms with Gasteiger partial charge in [0.25, 0.3) is 0 Å². The molecule has 6 N–H and O–H groups in total. The van der Waals surface area contributed by atoms with Crippen LogP contribution in [-0.4, -0.2) is 99.6 Å². The number of rotatable bonds is 50. The van der Waals surface area contributed by atoms with Crippen molar-refractivity contribution in [1.82, 2.24) is 5.32 Å². The van der Waals surface area contributed by atoms with Gasteiger partial charge in [0, 0.05) is 6.42 Å². The van der Waals surface area contributed by atoms with Gasteiger partial charge in [-0.1, -0.05) is 238 Å². The minimum absolute atomic E-state index is 0.0954. The van der Waals surface area contributed by atoms with Gasteiger partial charge in [-0.05, 0) is 109 Å². The molecule has 11 nitrogen and oxygen atoms in total. The summed E-state index contributed by atoms with van der Waals surface area (Å²) in [7, 11) is 0. The zero-order valence-corrected chi connectivity index (χ0v) is 49.4. The number of aliphatic hydroxyl groups excluding tert-OH is 5. The first kappa shape index (κ1) is 72.8. The second-order valence-corrected chi connectivity index (χ2v) is 20.7. The molecule has 1 fully saturated rings. The largest absolute Gasteiger partial charge is 0.454 e. The van der Waals surface area contributed by atoms with E-state index < -0.39 is 67.4 Å². The van der Waals surface area contributed by atoms with Crippen molar-refractivity contribution in [3.63, 3.8) is 0 Å². The molecular weight excluding hydrogens is 991 g/mol. The lowest BCUT2D eigenvalue weighted by molar-refractivity contribution is -0.305. The molecule has 1 saturated heterocycles. The zero-order valence-electron chi connectivity index (χ0n) is 49.4. The quantitative estimate of drug-likeness (QED) is 0.0195. The lowest BCUT2D eigenvalue weighted by atomic mass is 9.99. The molecule has 0 aromatic heterocycles. The fourth-order valence-electron chi connectivity index (χ4n) is 8.71. The molecular formula is C68H111NO10. The highest BCUT2D eigenvalue weighted by Gasteiger charge is 2.47. The van der Waals surface area contributed by atoms with Crippen molar-refractivity contribution >= 4 is 11.9 Å². The molecule has 1 aliphatic heterocycles. The minimum atomic E-state index is -1.64. The molecule has 0 aromatic rings. The predicted molar refractivity (Wildman–Crippen MR) is 328 cm³/mol. The smallest absolute Gasteiger partial charge is 0.306 e. The van der Waals surface area contributed by atoms with Gasteiger partial charge in [-0.3, -0.25) is 9.59 Å². The van der Waals surface area contributed by atoms with Crippen molar-refractivity contribution in [2.75, 3.05) is 13.2 Å². The van der Waals surface area contributed by atoms with E-state index in [-0.39, 0.29) is 19.4 Å². The summed E-state index contributed by atoms with van der Waals surface area (Å²) in [6.07, 6.45) is 66.4. The Morgan fingerprint density at radius 2 is 0.911 bits per heavy atom. The average molecular weight is 1100 g/mol. The van der Waals surface area contributed by atoms with Crippen LogP contribution in [0.2, 0.25) is 0 Å². The third-order valence-electron chi connectivity index (χ3n) is 13.6. The maximum atomic E-state index is 13.4. The third kappa shape index (κ3) is 42.3. The van der Waals surface area contributed by atoms with Crippen molar-refractivity contribution in [3.05, 3.63) is 134 Å². The highest BCUT2D eigenvalue weighted by atomic mass is 16.7. The van der Waals surface area contributed by atoms with Gasteiger partial charge in [-0.25, -0.2) is 0 Å². The number of allylic oxidation sites excluding steroid dienone is 21. The molecule has 11 heteroatoms. The van der Waals surface area contributed by atoms with E-state index in [1.165, 1.54) is 38.5 Å². The molecule has 0 bridgehead atoms. The van der Waals surface area contributed by atoms with E-state index in [0.29, 0.717) is 12.8 Å². The SMILES string of the molecule is CC/C=C\C/C=C\C/C=C\C/C=C\C/C=C\CCCCCCCCCC(=O)OC1C(OCC(NC(=O)C(O)CC/C=C\C/C=C\C/C=C\C/C=C\C/C=C\CC)C(O)/C=C/CCCCCCCCCCC)OC(CO)C(O)C1O. The summed E-state index contributed by atoms with van der Waals surface area (Å²) in [5, 5.41) is 56.9. The van der Waals surface area contributed by atoms with Crippen LogP contribution in [0.1, 0.15) is 220 Å². The maximum Gasteiger partial charge on any atom is 0.306 e. The van der Waals surface area contributed by atoms with Crippen LogP contribution in [0.15, 0.2) is 134 Å². The average Bonchev–Trinajstić information content (AvgIpc) is 3.47. The predicted octanol–water partition coefficient (Wildman–Crippen LogP) is 14.8. The lowest BCUT2D eigenvalue weighted by Crippen LogP contribution is -2.61. The molecule has 0 saturated carbocycles. The normalized spacial score (nSPS) is 19.8. The van der Waals surface area contributed by atoms with E-state index >= 15 is 0 Å². The van der Waals surface area contributed by atoms with Crippen LogP contribution in [0.25, 0.3) is 0 Å². The molecule has 79 heavy (non-hydrogen) atoms. The van der Waals surface area contributed by atoms with E-state index in [4.69, 9.17) is 14.2 Å². The highest BCUT2D eigenvalue weighted by molar-refractivity contribution is 5.80. The van der Waals surface area contributed by atoms with Crippen molar-refractivity contribution in [3.8, 4) is 0 Å². The number of carbonyl (C=O) groups is 2. The number of nitrogens with one attached hydrogen (secondary N) is 1. The van der Waals surface area contributed by atoms with Gasteiger partial charge < -0.3 is 45.1 Å². The summed E-state index contributed by atoms with van der Waals surface area (Å²) in [4.78, 5) is 26.5. The second kappa shape index (κ2) is 54.4. The molecule has 1 heterocycles. The first-order chi connectivity index (χ1) is 38.7. The molecule has 1 rings (SSSR count). The summed E-state index contributed by atoms with van der Waals surface area (Å²) in [5.41, 5.74) is 0. The van der Waals surface area contributed by atoms with Crippen LogP contribution in [0.4, 0.5) is 0 Å². The summed E-state index contributed by atoms with van der Waals surface area (Å²) in [6, 6.07) is -1.06. The number of esters is 1. The molecule has 1 aliphatic rings. The Balaban J connectivity index is 2.69. The Morgan fingerprint density at radius 3 is 1.37 bits per heavy atom. The number of aliphatic hydroxyl groups is 5. The summed E-state index contributed by atoms with van der Waals surface area (Å²) in [6.45, 7) is 5.49. The summed E-state index contributed by atoms with van der Waals surface area (Å²) < 4.78 is 17.6. The van der Waals surface area contributed by atoms with Gasteiger partial charge in [0.2, 0.25) is 5.91 Å². The molecule has 0 aliphatic carbocycles. The molecule has 1 amide bonds. The van der Waals surface area contributed by atoms with Crippen LogP contribution < -0.4 is 5.32 Å². The van der Waals surface area contributed by atoms with E-state index in [0.717, 1.165) is 135 Å². The van der Waals surface area contributed by atoms with Gasteiger partial charge in [0.1, 0.15) is 24.4 Å². The number of unbranched alkanes of at least 4 members (excludes halogenated alkanes) is 16. The number of amides is 1. The monoisotopic (exact) mass is 1100 g/mol. The number of carbonyl (C=O) groups excluding carboxylic acids is 2. The van der Waals surface area contributed by atoms with E-state index in [2.05, 4.69) is 135 Å². The minimum Gasteiger partial charge on any atom is -0.454 e. The number of ether oxygens (including phenoxy) is 3. The van der Waals surface area contributed by atoms with Crippen molar-refractivity contribution in [2.24, 2.45) is 0 Å². The molecule has 0 spiro atoms. The van der Waals surface area contributed by atoms with Crippen LogP contribution >= 0.6 is 0 Å². The zero-order chi connectivity index (χ0) is 57.5. The Morgan fingerprint density at radius 1 is 0.506 bits per heavy atom. The van der Waals surface area contributed by atoms with E-state index in [1.54, 1.807) is 6.08 Å². The van der Waals surface area contributed by atoms with Crippen molar-refractivity contribution in [1.29, 1.82) is 0 Å². The van der Waals surface area contributed by atoms with Gasteiger partial charge >= 0.3 is 5.97 Å². The molecule has 0 radical (unpaired) electrons. The van der Waals surface area contributed by atoms with E-state index in [1.807, 2.05) is 18.2 Å². The first-order valence-corrected chi connectivity index (χ1v) is 31.0. The van der Waals surface area contributed by atoms with Gasteiger partial charge in [-0.15, -0.1) is 0 Å². The van der Waals surface area contributed by atoms with E-state index in [9.17, 15) is 35.1 Å². The molecule has 8 unspecified atom stereocenters. The van der Waals surface area contributed by atoms with Gasteiger partial charge in [-0.2, -0.15) is 0 Å². The third-order valence-corrected chi connectivity index (χ3v) is 13.6. The summed E-state index contributed by atoms with van der Waals surface area (Å²) in [5.74, 6) is -1.28. The Bertz CT molecular complexity index is 1790. The van der Waals surface area contributed by atoms with Crippen molar-refractivity contribution < 1.29 is 49.3 Å². The Hall–Kier alpha value is -4.20. The van der Waals surface area contributed by atoms with Crippen LogP contribution in [0.5, 0.6) is 0 Å². The van der Waals surface area contributed by atoms with Crippen LogP contribution in [0.3, 0.4) is 0 Å². The van der Waals surface area contributed by atoms with Crippen LogP contribution in [-0.2, 0) is 23.8 Å². The Kier molecular flexibility index (Phi) is 50.1. The molecule has 8 atom stereocenters. The number of hydrogen-bond acceptors (Lipinski definition) is 10. The summed E-state index contributed by atoms with van der Waals surface area (Å²) >= 11 is 0. The topological polar surface area (TPSA) is 175 Å². The fourth-order valence-corrected chi connectivity index (χ4v) is 8.71. The fraction of sp³-hybridized carbons (Fsp3) is 0.647. The molecule has 448 valence electrons. The van der Waals surface area contributed by atoms with Crippen molar-refractivity contribution in [2.45, 2.75) is 269 Å².